The molecule has 142 valence electrons. The molecule has 2 fully saturated rings. The van der Waals surface area contributed by atoms with Crippen molar-refractivity contribution in [2.45, 2.75) is 51.0 Å². The fraction of sp³-hybridized carbons (Fsp3) is 0.619. The first-order valence-electron chi connectivity index (χ1n) is 9.84. The van der Waals surface area contributed by atoms with E-state index in [9.17, 15) is 9.59 Å². The Bertz CT molecular complexity index is 602. The van der Waals surface area contributed by atoms with Crippen LogP contribution in [0.2, 0.25) is 0 Å². The summed E-state index contributed by atoms with van der Waals surface area (Å²) in [6.07, 6.45) is 6.33. The van der Waals surface area contributed by atoms with Gasteiger partial charge in [0.25, 0.3) is 0 Å². The van der Waals surface area contributed by atoms with Crippen molar-refractivity contribution in [3.8, 4) is 5.75 Å². The van der Waals surface area contributed by atoms with Crippen molar-refractivity contribution in [2.24, 2.45) is 5.92 Å². The lowest BCUT2D eigenvalue weighted by Gasteiger charge is -2.32. The van der Waals surface area contributed by atoms with Gasteiger partial charge in [-0.15, -0.1) is 0 Å². The second kappa shape index (κ2) is 9.17. The molecule has 1 saturated carbocycles. The number of hydrogen-bond acceptors (Lipinski definition) is 4. The summed E-state index contributed by atoms with van der Waals surface area (Å²) in [6.45, 7) is 2.83. The van der Waals surface area contributed by atoms with Crippen LogP contribution in [0.5, 0.6) is 5.75 Å². The molecule has 1 saturated heterocycles. The maximum absolute atomic E-state index is 12.4. The predicted molar refractivity (Wildman–Crippen MR) is 102 cm³/mol. The highest BCUT2D eigenvalue weighted by Gasteiger charge is 2.25. The molecule has 3 rings (SSSR count). The molecule has 1 amide bonds. The van der Waals surface area contributed by atoms with Gasteiger partial charge in [0.1, 0.15) is 5.75 Å². The molecule has 1 aliphatic carbocycles. The highest BCUT2D eigenvalue weighted by atomic mass is 16.5. The van der Waals surface area contributed by atoms with E-state index in [2.05, 4.69) is 5.32 Å². The summed E-state index contributed by atoms with van der Waals surface area (Å²) in [5, 5.41) is 3.64. The Morgan fingerprint density at radius 1 is 1.08 bits per heavy atom. The molecule has 0 aromatic heterocycles. The Hall–Kier alpha value is -1.88. The van der Waals surface area contributed by atoms with Gasteiger partial charge in [-0.25, -0.2) is 0 Å². The number of carbonyl (C=O) groups is 2. The van der Waals surface area contributed by atoms with Crippen molar-refractivity contribution < 1.29 is 14.3 Å². The molecule has 1 heterocycles. The molecule has 5 nitrogen and oxygen atoms in total. The smallest absolute Gasteiger partial charge is 0.222 e. The van der Waals surface area contributed by atoms with Crippen LogP contribution in [-0.4, -0.2) is 49.4 Å². The normalized spacial score (nSPS) is 18.0. The monoisotopic (exact) mass is 358 g/mol. The molecule has 26 heavy (non-hydrogen) atoms. The van der Waals surface area contributed by atoms with Crippen molar-refractivity contribution in [1.82, 2.24) is 10.2 Å². The number of benzene rings is 1. The zero-order valence-electron chi connectivity index (χ0n) is 15.7. The van der Waals surface area contributed by atoms with Gasteiger partial charge in [-0.3, -0.25) is 9.59 Å². The molecular formula is C21H30N2O3. The summed E-state index contributed by atoms with van der Waals surface area (Å²) >= 11 is 0. The van der Waals surface area contributed by atoms with Gasteiger partial charge in [-0.05, 0) is 68.8 Å². The zero-order valence-corrected chi connectivity index (χ0v) is 15.7. The third kappa shape index (κ3) is 5.56. The number of Topliss-reactive ketones (excluding diaryl/α,β-unsaturated/α-hetero) is 1. The van der Waals surface area contributed by atoms with E-state index in [1.54, 1.807) is 31.4 Å². The quantitative estimate of drug-likeness (QED) is 0.690. The van der Waals surface area contributed by atoms with Crippen molar-refractivity contribution >= 4 is 11.7 Å². The number of ketones is 1. The van der Waals surface area contributed by atoms with Crippen LogP contribution >= 0.6 is 0 Å². The molecule has 0 atom stereocenters. The van der Waals surface area contributed by atoms with E-state index < -0.39 is 0 Å². The van der Waals surface area contributed by atoms with Crippen LogP contribution in [0.4, 0.5) is 0 Å². The number of nitrogens with zero attached hydrogens (tertiary/aromatic N) is 1. The molecule has 1 aromatic rings. The second-order valence-electron chi connectivity index (χ2n) is 7.51. The van der Waals surface area contributed by atoms with Crippen molar-refractivity contribution in [3.63, 3.8) is 0 Å². The van der Waals surface area contributed by atoms with E-state index in [-0.39, 0.29) is 11.7 Å². The minimum Gasteiger partial charge on any atom is -0.497 e. The van der Waals surface area contributed by atoms with Crippen molar-refractivity contribution in [2.75, 3.05) is 26.7 Å². The summed E-state index contributed by atoms with van der Waals surface area (Å²) in [5.74, 6) is 1.92. The number of rotatable bonds is 9. The average Bonchev–Trinajstić information content (AvgIpc) is 3.51. The predicted octanol–water partition coefficient (Wildman–Crippen LogP) is 3.04. The Kier molecular flexibility index (Phi) is 6.67. The number of carbonyl (C=O) groups excluding carboxylic acids is 2. The van der Waals surface area contributed by atoms with Crippen molar-refractivity contribution in [3.05, 3.63) is 29.8 Å². The van der Waals surface area contributed by atoms with Crippen LogP contribution in [0.15, 0.2) is 24.3 Å². The van der Waals surface area contributed by atoms with Crippen LogP contribution in [0.1, 0.15) is 55.3 Å². The first-order chi connectivity index (χ1) is 12.7. The lowest BCUT2D eigenvalue weighted by atomic mass is 10.0. The molecular weight excluding hydrogens is 328 g/mol. The first-order valence-corrected chi connectivity index (χ1v) is 9.84. The Labute approximate surface area is 156 Å². The molecule has 1 aliphatic heterocycles. The van der Waals surface area contributed by atoms with Gasteiger partial charge in [0.05, 0.1) is 7.11 Å². The summed E-state index contributed by atoms with van der Waals surface area (Å²) in [4.78, 5) is 26.5. The zero-order chi connectivity index (χ0) is 18.4. The lowest BCUT2D eigenvalue weighted by Crippen LogP contribution is -2.45. The SMILES string of the molecule is COc1ccc(C(=O)CCCC(=O)N2CCC(NCC3CC3)CC2)cc1. The summed E-state index contributed by atoms with van der Waals surface area (Å²) in [7, 11) is 1.61. The molecule has 0 bridgehead atoms. The van der Waals surface area contributed by atoms with Gasteiger partial charge >= 0.3 is 0 Å². The molecule has 0 spiro atoms. The maximum atomic E-state index is 12.4. The van der Waals surface area contributed by atoms with E-state index >= 15 is 0 Å². The minimum absolute atomic E-state index is 0.0865. The van der Waals surface area contributed by atoms with Crippen LogP contribution < -0.4 is 10.1 Å². The fourth-order valence-electron chi connectivity index (χ4n) is 3.47. The molecule has 0 unspecified atom stereocenters. The largest absolute Gasteiger partial charge is 0.497 e. The molecule has 2 aliphatic rings. The summed E-state index contributed by atoms with van der Waals surface area (Å²) in [6, 6.07) is 7.71. The van der Waals surface area contributed by atoms with Crippen LogP contribution in [0.25, 0.3) is 0 Å². The highest BCUT2D eigenvalue weighted by Crippen LogP contribution is 2.28. The van der Waals surface area contributed by atoms with E-state index in [1.807, 2.05) is 4.90 Å². The molecule has 1 aromatic carbocycles. The number of hydrogen-bond donors (Lipinski definition) is 1. The van der Waals surface area contributed by atoms with Gasteiger partial charge in [-0.2, -0.15) is 0 Å². The van der Waals surface area contributed by atoms with E-state index in [4.69, 9.17) is 4.74 Å². The number of nitrogens with one attached hydrogen (secondary N) is 1. The maximum Gasteiger partial charge on any atom is 0.222 e. The fourth-order valence-corrected chi connectivity index (χ4v) is 3.47. The van der Waals surface area contributed by atoms with Gasteiger partial charge in [-0.1, -0.05) is 0 Å². The lowest BCUT2D eigenvalue weighted by molar-refractivity contribution is -0.132. The van der Waals surface area contributed by atoms with Gasteiger partial charge in [0.15, 0.2) is 5.78 Å². The third-order valence-electron chi connectivity index (χ3n) is 5.45. The molecule has 0 radical (unpaired) electrons. The van der Waals surface area contributed by atoms with Gasteiger partial charge in [0, 0.05) is 37.5 Å². The van der Waals surface area contributed by atoms with E-state index in [1.165, 1.54) is 12.8 Å². The number of amides is 1. The van der Waals surface area contributed by atoms with Crippen LogP contribution in [0.3, 0.4) is 0 Å². The third-order valence-corrected chi connectivity index (χ3v) is 5.45. The number of methoxy groups -OCH3 is 1. The Morgan fingerprint density at radius 3 is 2.38 bits per heavy atom. The standard InChI is InChI=1S/C21H30N2O3/c1-26-19-9-7-17(8-10-19)20(24)3-2-4-21(25)23-13-11-18(12-14-23)22-15-16-5-6-16/h7-10,16,18,22H,2-6,11-15H2,1H3. The molecule has 1 N–H and O–H groups in total. The number of likely N-dealkylation sites (tertiary alicyclic amines) is 1. The Morgan fingerprint density at radius 2 is 1.77 bits per heavy atom. The molecule has 5 heteroatoms. The summed E-state index contributed by atoms with van der Waals surface area (Å²) in [5.41, 5.74) is 0.681. The second-order valence-corrected chi connectivity index (χ2v) is 7.51. The van der Waals surface area contributed by atoms with E-state index in [0.717, 1.165) is 44.1 Å². The van der Waals surface area contributed by atoms with Crippen LogP contribution in [0, 0.1) is 5.92 Å². The van der Waals surface area contributed by atoms with Crippen molar-refractivity contribution in [1.29, 1.82) is 0 Å². The van der Waals surface area contributed by atoms with Gasteiger partial charge in [0.2, 0.25) is 5.91 Å². The number of ether oxygens (including phenoxy) is 1. The average molecular weight is 358 g/mol. The van der Waals surface area contributed by atoms with E-state index in [0.29, 0.717) is 30.9 Å². The van der Waals surface area contributed by atoms with Crippen LogP contribution in [-0.2, 0) is 4.79 Å². The number of piperidine rings is 1. The Balaban J connectivity index is 1.32. The first kappa shape index (κ1) is 18.9. The summed E-state index contributed by atoms with van der Waals surface area (Å²) < 4.78 is 5.10. The highest BCUT2D eigenvalue weighted by molar-refractivity contribution is 5.96. The topological polar surface area (TPSA) is 58.6 Å². The minimum atomic E-state index is 0.0865. The van der Waals surface area contributed by atoms with Gasteiger partial charge < -0.3 is 15.0 Å².